The van der Waals surface area contributed by atoms with E-state index >= 15 is 0 Å². The summed E-state index contributed by atoms with van der Waals surface area (Å²) in [6.07, 6.45) is 18.9. The Morgan fingerprint density at radius 2 is 1.42 bits per heavy atom. The van der Waals surface area contributed by atoms with Gasteiger partial charge in [-0.05, 0) is 165 Å². The molecule has 0 aliphatic heterocycles. The van der Waals surface area contributed by atoms with Crippen LogP contribution in [0.15, 0.2) is 48.6 Å². The number of carbonyl (C=O) groups excluding carboxylic acids is 2. The summed E-state index contributed by atoms with van der Waals surface area (Å²) in [5.74, 6) is 4.39. The zero-order valence-electron chi connectivity index (χ0n) is 31.6. The molecule has 52 heavy (non-hydrogen) atoms. The van der Waals surface area contributed by atoms with Gasteiger partial charge in [0.25, 0.3) is 0 Å². The summed E-state index contributed by atoms with van der Waals surface area (Å²) in [4.78, 5) is 25.2. The van der Waals surface area contributed by atoms with Crippen LogP contribution in [0.1, 0.15) is 103 Å². The summed E-state index contributed by atoms with van der Waals surface area (Å²) in [5.41, 5.74) is 2.21. The number of phenolic OH excluding ortho intramolecular Hbond substituents is 2. The number of ether oxygens (including phenoxy) is 4. The highest BCUT2D eigenvalue weighted by Gasteiger charge is 2.60. The van der Waals surface area contributed by atoms with Gasteiger partial charge in [-0.15, -0.1) is 0 Å². The Balaban J connectivity index is 0.970. The van der Waals surface area contributed by atoms with Crippen LogP contribution in [0.4, 0.5) is 0 Å². The third kappa shape index (κ3) is 7.86. The van der Waals surface area contributed by atoms with Crippen LogP contribution in [0.25, 0.3) is 12.2 Å². The van der Waals surface area contributed by atoms with Crippen molar-refractivity contribution in [3.8, 4) is 23.0 Å². The SMILES string of the molecule is COc1cc(/C=C/C(=O)OCCCC(C)[C@H]2CCC3C4CCC5C[C@H](OC(=O)/C=C/c6ccc(O)c(OC)c6)CC[C@]5(C)C4CC[C@@]32C)ccc1O. The predicted molar refractivity (Wildman–Crippen MR) is 202 cm³/mol. The smallest absolute Gasteiger partial charge is 0.331 e. The minimum Gasteiger partial charge on any atom is -0.504 e. The fourth-order valence-electron chi connectivity index (χ4n) is 11.3. The van der Waals surface area contributed by atoms with Gasteiger partial charge in [0.2, 0.25) is 0 Å². The molecular formula is C44H58O8. The number of benzene rings is 2. The zero-order valence-corrected chi connectivity index (χ0v) is 31.6. The number of rotatable bonds is 12. The highest BCUT2D eigenvalue weighted by molar-refractivity contribution is 5.87. The molecule has 0 bridgehead atoms. The average molecular weight is 715 g/mol. The van der Waals surface area contributed by atoms with Gasteiger partial charge in [-0.3, -0.25) is 0 Å². The van der Waals surface area contributed by atoms with Crippen molar-refractivity contribution in [2.75, 3.05) is 20.8 Å². The molecule has 0 heterocycles. The summed E-state index contributed by atoms with van der Waals surface area (Å²) < 4.78 is 21.9. The monoisotopic (exact) mass is 714 g/mol. The van der Waals surface area contributed by atoms with Crippen molar-refractivity contribution >= 4 is 24.1 Å². The number of hydrogen-bond acceptors (Lipinski definition) is 8. The van der Waals surface area contributed by atoms with Gasteiger partial charge < -0.3 is 29.2 Å². The Kier molecular flexibility index (Phi) is 11.6. The van der Waals surface area contributed by atoms with Crippen molar-refractivity contribution in [1.29, 1.82) is 0 Å². The van der Waals surface area contributed by atoms with E-state index in [4.69, 9.17) is 18.9 Å². The molecule has 0 spiro atoms. The molecule has 2 N–H and O–H groups in total. The van der Waals surface area contributed by atoms with E-state index in [1.807, 2.05) is 0 Å². The second kappa shape index (κ2) is 16.0. The second-order valence-electron chi connectivity index (χ2n) is 16.5. The second-order valence-corrected chi connectivity index (χ2v) is 16.5. The maximum atomic E-state index is 12.8. The Labute approximate surface area is 309 Å². The lowest BCUT2D eigenvalue weighted by molar-refractivity contribution is -0.157. The standard InChI is InChI=1S/C44H58O8/c1-28(7-6-24-51-41(47)18-10-29-8-16-37(45)39(25-29)49-4)34-14-15-35-33-13-12-31-27-32(20-22-43(31,2)36(33)21-23-44(34,35)3)52-42(48)19-11-30-9-17-38(46)40(26-30)50-5/h8-11,16-19,25-26,28,31-36,45-46H,6-7,12-15,20-24,27H2,1-5H3/b18-10+,19-11+/t28?,31?,32-,33?,34-,35?,36?,43+,44-/m1/s1. The fourth-order valence-corrected chi connectivity index (χ4v) is 11.3. The highest BCUT2D eigenvalue weighted by atomic mass is 16.5. The maximum Gasteiger partial charge on any atom is 0.331 e. The molecule has 4 saturated carbocycles. The predicted octanol–water partition coefficient (Wildman–Crippen LogP) is 9.37. The Bertz CT molecular complexity index is 1650. The number of carbonyl (C=O) groups is 2. The first-order valence-electron chi connectivity index (χ1n) is 19.4. The lowest BCUT2D eigenvalue weighted by atomic mass is 9.44. The third-order valence-corrected chi connectivity index (χ3v) is 13.9. The first-order chi connectivity index (χ1) is 24.9. The molecule has 8 nitrogen and oxygen atoms in total. The van der Waals surface area contributed by atoms with Crippen LogP contribution in [0.3, 0.4) is 0 Å². The average Bonchev–Trinajstić information content (AvgIpc) is 3.50. The molecule has 0 saturated heterocycles. The Morgan fingerprint density at radius 3 is 2.08 bits per heavy atom. The van der Waals surface area contributed by atoms with Crippen LogP contribution < -0.4 is 9.47 Å². The van der Waals surface area contributed by atoms with E-state index in [1.54, 1.807) is 48.6 Å². The van der Waals surface area contributed by atoms with Crippen LogP contribution in [0.2, 0.25) is 0 Å². The minimum absolute atomic E-state index is 0.0367. The molecule has 5 unspecified atom stereocenters. The molecular weight excluding hydrogens is 656 g/mol. The van der Waals surface area contributed by atoms with Crippen molar-refractivity contribution in [2.24, 2.45) is 46.3 Å². The first-order valence-corrected chi connectivity index (χ1v) is 19.4. The van der Waals surface area contributed by atoms with E-state index in [0.717, 1.165) is 61.0 Å². The van der Waals surface area contributed by atoms with Crippen molar-refractivity contribution in [3.63, 3.8) is 0 Å². The summed E-state index contributed by atoms with van der Waals surface area (Å²) in [5, 5.41) is 19.6. The molecule has 0 radical (unpaired) electrons. The summed E-state index contributed by atoms with van der Waals surface area (Å²) in [6.45, 7) is 7.99. The van der Waals surface area contributed by atoms with E-state index in [0.29, 0.717) is 46.7 Å². The number of hydrogen-bond donors (Lipinski definition) is 2. The molecule has 282 valence electrons. The van der Waals surface area contributed by atoms with Crippen LogP contribution in [-0.4, -0.2) is 49.1 Å². The van der Waals surface area contributed by atoms with Gasteiger partial charge in [0.15, 0.2) is 23.0 Å². The first kappa shape index (κ1) is 37.8. The highest BCUT2D eigenvalue weighted by Crippen LogP contribution is 2.68. The van der Waals surface area contributed by atoms with Gasteiger partial charge in [-0.1, -0.05) is 32.9 Å². The zero-order chi connectivity index (χ0) is 37.0. The fraction of sp³-hybridized carbons (Fsp3) is 0.591. The molecule has 4 aliphatic carbocycles. The maximum absolute atomic E-state index is 12.8. The molecule has 8 heteroatoms. The number of esters is 2. The van der Waals surface area contributed by atoms with Crippen LogP contribution in [0.5, 0.6) is 23.0 Å². The van der Waals surface area contributed by atoms with Gasteiger partial charge in [0.05, 0.1) is 20.8 Å². The quantitative estimate of drug-likeness (QED) is 0.127. The third-order valence-electron chi connectivity index (χ3n) is 13.9. The molecule has 0 aromatic heterocycles. The van der Waals surface area contributed by atoms with Gasteiger partial charge in [-0.2, -0.15) is 0 Å². The summed E-state index contributed by atoms with van der Waals surface area (Å²) in [7, 11) is 3.00. The topological polar surface area (TPSA) is 112 Å². The van der Waals surface area contributed by atoms with Crippen molar-refractivity contribution < 1.29 is 38.7 Å². The largest absolute Gasteiger partial charge is 0.504 e. The molecule has 2 aromatic rings. The van der Waals surface area contributed by atoms with E-state index in [9.17, 15) is 19.8 Å². The van der Waals surface area contributed by atoms with Crippen LogP contribution >= 0.6 is 0 Å². The van der Waals surface area contributed by atoms with Crippen molar-refractivity contribution in [1.82, 2.24) is 0 Å². The summed E-state index contributed by atoms with van der Waals surface area (Å²) >= 11 is 0. The van der Waals surface area contributed by atoms with Crippen LogP contribution in [-0.2, 0) is 19.1 Å². The minimum atomic E-state index is -0.356. The van der Waals surface area contributed by atoms with Crippen molar-refractivity contribution in [2.45, 2.75) is 97.5 Å². The normalized spacial score (nSPS) is 31.7. The lowest BCUT2D eigenvalue weighted by Gasteiger charge is -2.61. The number of methoxy groups -OCH3 is 2. The van der Waals surface area contributed by atoms with E-state index < -0.39 is 0 Å². The van der Waals surface area contributed by atoms with Crippen molar-refractivity contribution in [3.05, 3.63) is 59.7 Å². The molecule has 6 rings (SSSR count). The van der Waals surface area contributed by atoms with E-state index in [-0.39, 0.29) is 29.5 Å². The molecule has 4 fully saturated rings. The summed E-state index contributed by atoms with van der Waals surface area (Å²) in [6, 6.07) is 9.96. The van der Waals surface area contributed by atoms with Gasteiger partial charge in [-0.25, -0.2) is 9.59 Å². The molecule has 9 atom stereocenters. The number of fused-ring (bicyclic) bond motifs is 5. The van der Waals surface area contributed by atoms with Gasteiger partial charge >= 0.3 is 11.9 Å². The van der Waals surface area contributed by atoms with Crippen LogP contribution in [0, 0.1) is 46.3 Å². The molecule has 2 aromatic carbocycles. The van der Waals surface area contributed by atoms with E-state index in [2.05, 4.69) is 20.8 Å². The van der Waals surface area contributed by atoms with E-state index in [1.165, 1.54) is 64.9 Å². The number of phenols is 2. The molecule has 0 amide bonds. The Hall–Kier alpha value is -3.94. The lowest BCUT2D eigenvalue weighted by Crippen LogP contribution is -2.54. The molecule has 4 aliphatic rings. The van der Waals surface area contributed by atoms with Gasteiger partial charge in [0.1, 0.15) is 6.10 Å². The van der Waals surface area contributed by atoms with Gasteiger partial charge in [0, 0.05) is 12.2 Å². The number of aromatic hydroxyl groups is 2. The Morgan fingerprint density at radius 1 is 0.808 bits per heavy atom.